The largest absolute Gasteiger partial charge is 0.416 e. The van der Waals surface area contributed by atoms with Crippen LogP contribution in [0.25, 0.3) is 0 Å². The number of halogens is 6. The SMILES string of the molecule is O=C(NC(c1ccccc1)c1ccccc1)c1cc(C(F)(F)F)cc(C(F)(F)F)c1. The Kier molecular flexibility index (Phi) is 5.87. The lowest BCUT2D eigenvalue weighted by Gasteiger charge is -2.21. The second kappa shape index (κ2) is 8.22. The van der Waals surface area contributed by atoms with E-state index in [4.69, 9.17) is 0 Å². The number of carbonyl (C=O) groups excluding carboxylic acids is 1. The van der Waals surface area contributed by atoms with E-state index >= 15 is 0 Å². The summed E-state index contributed by atoms with van der Waals surface area (Å²) in [5.74, 6) is -1.05. The molecule has 0 radical (unpaired) electrons. The third kappa shape index (κ3) is 5.00. The average Bonchev–Trinajstić information content (AvgIpc) is 2.71. The summed E-state index contributed by atoms with van der Waals surface area (Å²) in [7, 11) is 0. The van der Waals surface area contributed by atoms with Gasteiger partial charge in [0.15, 0.2) is 0 Å². The Morgan fingerprint density at radius 3 is 1.43 bits per heavy atom. The van der Waals surface area contributed by atoms with Crippen LogP contribution in [0.3, 0.4) is 0 Å². The van der Waals surface area contributed by atoms with Gasteiger partial charge in [-0.2, -0.15) is 26.3 Å². The summed E-state index contributed by atoms with van der Waals surface area (Å²) in [5, 5.41) is 2.55. The Morgan fingerprint density at radius 1 is 0.667 bits per heavy atom. The van der Waals surface area contributed by atoms with Crippen LogP contribution in [0.5, 0.6) is 0 Å². The number of hydrogen-bond acceptors (Lipinski definition) is 1. The molecule has 3 aromatic carbocycles. The van der Waals surface area contributed by atoms with Gasteiger partial charge in [0.25, 0.3) is 5.91 Å². The zero-order chi connectivity index (χ0) is 21.9. The van der Waals surface area contributed by atoms with Crippen molar-refractivity contribution in [2.75, 3.05) is 0 Å². The predicted molar refractivity (Wildman–Crippen MR) is 98.6 cm³/mol. The molecule has 8 heteroatoms. The zero-order valence-corrected chi connectivity index (χ0v) is 15.3. The summed E-state index contributed by atoms with van der Waals surface area (Å²) >= 11 is 0. The number of nitrogens with one attached hydrogen (secondary N) is 1. The van der Waals surface area contributed by atoms with E-state index in [1.54, 1.807) is 60.7 Å². The van der Waals surface area contributed by atoms with Crippen LogP contribution in [0.4, 0.5) is 26.3 Å². The third-order valence-corrected chi connectivity index (χ3v) is 4.39. The minimum absolute atomic E-state index is 0.0113. The van der Waals surface area contributed by atoms with E-state index < -0.39 is 41.0 Å². The molecule has 1 N–H and O–H groups in total. The number of rotatable bonds is 4. The first kappa shape index (κ1) is 21.4. The lowest BCUT2D eigenvalue weighted by Crippen LogP contribution is -2.30. The summed E-state index contributed by atoms with van der Waals surface area (Å²) in [6.07, 6.45) is -10.1. The van der Waals surface area contributed by atoms with Crippen molar-refractivity contribution < 1.29 is 31.1 Å². The van der Waals surface area contributed by atoms with Crippen molar-refractivity contribution >= 4 is 5.91 Å². The fourth-order valence-corrected chi connectivity index (χ4v) is 2.95. The highest BCUT2D eigenvalue weighted by Crippen LogP contribution is 2.36. The van der Waals surface area contributed by atoms with Crippen molar-refractivity contribution in [3.63, 3.8) is 0 Å². The van der Waals surface area contributed by atoms with E-state index in [0.717, 1.165) is 0 Å². The molecular formula is C22H15F6NO. The molecule has 3 rings (SSSR count). The predicted octanol–water partition coefficient (Wildman–Crippen LogP) is 6.24. The first-order valence-electron chi connectivity index (χ1n) is 8.76. The van der Waals surface area contributed by atoms with Crippen LogP contribution < -0.4 is 5.32 Å². The molecule has 0 spiro atoms. The van der Waals surface area contributed by atoms with Gasteiger partial charge in [0.05, 0.1) is 17.2 Å². The van der Waals surface area contributed by atoms with Crippen LogP contribution in [-0.4, -0.2) is 5.91 Å². The van der Waals surface area contributed by atoms with Crippen LogP contribution in [-0.2, 0) is 12.4 Å². The van der Waals surface area contributed by atoms with Crippen molar-refractivity contribution in [1.29, 1.82) is 0 Å². The number of carbonyl (C=O) groups is 1. The Bertz CT molecular complexity index is 942. The van der Waals surface area contributed by atoms with E-state index in [-0.39, 0.29) is 6.07 Å². The molecule has 0 fully saturated rings. The fraction of sp³-hybridized carbons (Fsp3) is 0.136. The van der Waals surface area contributed by atoms with Gasteiger partial charge in [-0.1, -0.05) is 60.7 Å². The molecule has 0 saturated heterocycles. The van der Waals surface area contributed by atoms with Gasteiger partial charge < -0.3 is 5.32 Å². The smallest absolute Gasteiger partial charge is 0.341 e. The van der Waals surface area contributed by atoms with Crippen molar-refractivity contribution in [2.24, 2.45) is 0 Å². The average molecular weight is 423 g/mol. The maximum atomic E-state index is 13.1. The normalized spacial score (nSPS) is 12.1. The lowest BCUT2D eigenvalue weighted by atomic mass is 9.97. The summed E-state index contributed by atoms with van der Waals surface area (Å²) in [4.78, 5) is 12.7. The molecule has 2 nitrogen and oxygen atoms in total. The van der Waals surface area contributed by atoms with E-state index in [2.05, 4.69) is 5.32 Å². The molecule has 156 valence electrons. The maximum absolute atomic E-state index is 13.1. The van der Waals surface area contributed by atoms with Crippen LogP contribution in [0.2, 0.25) is 0 Å². The second-order valence-electron chi connectivity index (χ2n) is 6.52. The van der Waals surface area contributed by atoms with Gasteiger partial charge in [0.2, 0.25) is 0 Å². The molecule has 1 amide bonds. The second-order valence-corrected chi connectivity index (χ2v) is 6.52. The Labute approximate surface area is 168 Å². The van der Waals surface area contributed by atoms with Gasteiger partial charge in [-0.05, 0) is 29.3 Å². The van der Waals surface area contributed by atoms with Gasteiger partial charge >= 0.3 is 12.4 Å². The summed E-state index contributed by atoms with van der Waals surface area (Å²) in [6, 6.07) is 17.2. The molecule has 0 aromatic heterocycles. The molecule has 0 bridgehead atoms. The van der Waals surface area contributed by atoms with Crippen LogP contribution in [0.15, 0.2) is 78.9 Å². The van der Waals surface area contributed by atoms with Gasteiger partial charge in [-0.15, -0.1) is 0 Å². The lowest BCUT2D eigenvalue weighted by molar-refractivity contribution is -0.143. The molecule has 0 aliphatic rings. The highest BCUT2D eigenvalue weighted by atomic mass is 19.4. The number of benzene rings is 3. The van der Waals surface area contributed by atoms with Crippen LogP contribution in [0.1, 0.15) is 38.7 Å². The highest BCUT2D eigenvalue weighted by molar-refractivity contribution is 5.95. The van der Waals surface area contributed by atoms with Gasteiger partial charge in [0, 0.05) is 5.56 Å². The summed E-state index contributed by atoms with van der Waals surface area (Å²) in [6.45, 7) is 0. The van der Waals surface area contributed by atoms with Crippen molar-refractivity contribution in [3.8, 4) is 0 Å². The minimum Gasteiger partial charge on any atom is -0.341 e. The van der Waals surface area contributed by atoms with Gasteiger partial charge in [0.1, 0.15) is 0 Å². The van der Waals surface area contributed by atoms with Crippen LogP contribution >= 0.6 is 0 Å². The minimum atomic E-state index is -5.03. The fourth-order valence-electron chi connectivity index (χ4n) is 2.95. The molecule has 0 aliphatic carbocycles. The summed E-state index contributed by atoms with van der Waals surface area (Å²) < 4.78 is 78.6. The molecule has 0 heterocycles. The van der Waals surface area contributed by atoms with E-state index in [0.29, 0.717) is 23.3 Å². The van der Waals surface area contributed by atoms with E-state index in [9.17, 15) is 31.1 Å². The standard InChI is InChI=1S/C22H15F6NO/c23-21(24,25)17-11-16(12-18(13-17)22(26,27)28)20(30)29-19(14-7-3-1-4-8-14)15-9-5-2-6-10-15/h1-13,19H,(H,29,30). The van der Waals surface area contributed by atoms with E-state index in [1.807, 2.05) is 0 Å². The maximum Gasteiger partial charge on any atom is 0.416 e. The van der Waals surface area contributed by atoms with Crippen molar-refractivity contribution in [3.05, 3.63) is 107 Å². The molecule has 3 aromatic rings. The molecule has 30 heavy (non-hydrogen) atoms. The Balaban J connectivity index is 2.02. The zero-order valence-electron chi connectivity index (χ0n) is 15.3. The molecule has 0 atom stereocenters. The number of alkyl halides is 6. The number of hydrogen-bond donors (Lipinski definition) is 1. The van der Waals surface area contributed by atoms with E-state index in [1.165, 1.54) is 0 Å². The Morgan fingerprint density at radius 2 is 1.07 bits per heavy atom. The van der Waals surface area contributed by atoms with Gasteiger partial charge in [-0.25, -0.2) is 0 Å². The summed E-state index contributed by atoms with van der Waals surface area (Å²) in [5.41, 5.74) is -2.56. The Hall–Kier alpha value is -3.29. The van der Waals surface area contributed by atoms with Crippen molar-refractivity contribution in [2.45, 2.75) is 18.4 Å². The quantitative estimate of drug-likeness (QED) is 0.495. The topological polar surface area (TPSA) is 29.1 Å². The third-order valence-electron chi connectivity index (χ3n) is 4.39. The first-order valence-corrected chi connectivity index (χ1v) is 8.76. The molecule has 0 saturated carbocycles. The molecule has 0 aliphatic heterocycles. The number of amides is 1. The van der Waals surface area contributed by atoms with Gasteiger partial charge in [-0.3, -0.25) is 4.79 Å². The highest BCUT2D eigenvalue weighted by Gasteiger charge is 2.37. The van der Waals surface area contributed by atoms with Crippen LogP contribution in [0, 0.1) is 0 Å². The van der Waals surface area contributed by atoms with Crippen molar-refractivity contribution in [1.82, 2.24) is 5.32 Å². The molecule has 0 unspecified atom stereocenters. The molecular weight excluding hydrogens is 408 g/mol. The first-order chi connectivity index (χ1) is 14.1. The monoisotopic (exact) mass is 423 g/mol.